The molecule has 1 aromatic carbocycles. The molecule has 0 bridgehead atoms. The predicted molar refractivity (Wildman–Crippen MR) is 85.5 cm³/mol. The third-order valence-electron chi connectivity index (χ3n) is 3.00. The zero-order valence-corrected chi connectivity index (χ0v) is 13.9. The number of thiazole rings is 1. The molecule has 1 aromatic heterocycles. The Morgan fingerprint density at radius 2 is 1.95 bits per heavy atom. The zero-order chi connectivity index (χ0) is 16.2. The number of nitrogens with one attached hydrogen (secondary N) is 1. The summed E-state index contributed by atoms with van der Waals surface area (Å²) in [6, 6.07) is 5.89. The van der Waals surface area contributed by atoms with Gasteiger partial charge in [-0.15, -0.1) is 11.3 Å². The smallest absolute Gasteiger partial charge is 0.251 e. The molecule has 0 aliphatic heterocycles. The first-order valence-corrected chi connectivity index (χ1v) is 8.92. The van der Waals surface area contributed by atoms with Gasteiger partial charge in [0, 0.05) is 44.2 Å². The van der Waals surface area contributed by atoms with Crippen molar-refractivity contribution < 1.29 is 13.2 Å². The number of hydrogen-bond donors (Lipinski definition) is 1. The number of nitrogens with zero attached hydrogens (tertiary/aromatic N) is 2. The SMILES string of the molecule is CN(C)S(=O)(=O)c1ccc(C(=O)NCCc2nccs2)cc1. The molecular formula is C14H17N3O3S2. The van der Waals surface area contributed by atoms with Gasteiger partial charge in [0.15, 0.2) is 0 Å². The zero-order valence-electron chi connectivity index (χ0n) is 12.3. The molecule has 0 fully saturated rings. The Balaban J connectivity index is 1.96. The number of amides is 1. The Morgan fingerprint density at radius 1 is 1.27 bits per heavy atom. The third kappa shape index (κ3) is 3.90. The van der Waals surface area contributed by atoms with E-state index in [9.17, 15) is 13.2 Å². The van der Waals surface area contributed by atoms with E-state index in [1.807, 2.05) is 5.38 Å². The number of rotatable bonds is 6. The van der Waals surface area contributed by atoms with Gasteiger partial charge in [0.05, 0.1) is 9.90 Å². The number of carbonyl (C=O) groups excluding carboxylic acids is 1. The van der Waals surface area contributed by atoms with Crippen LogP contribution < -0.4 is 5.32 Å². The molecule has 1 amide bonds. The highest BCUT2D eigenvalue weighted by molar-refractivity contribution is 7.89. The first-order chi connectivity index (χ1) is 10.4. The highest BCUT2D eigenvalue weighted by Crippen LogP contribution is 2.14. The van der Waals surface area contributed by atoms with Crippen LogP contribution in [0.5, 0.6) is 0 Å². The highest BCUT2D eigenvalue weighted by Gasteiger charge is 2.17. The minimum Gasteiger partial charge on any atom is -0.352 e. The fourth-order valence-electron chi connectivity index (χ4n) is 1.75. The number of sulfonamides is 1. The lowest BCUT2D eigenvalue weighted by Gasteiger charge is -2.11. The standard InChI is InChI=1S/C14H17N3O3S2/c1-17(2)22(19,20)12-5-3-11(4-6-12)14(18)16-8-7-13-15-9-10-21-13/h3-6,9-10H,7-8H2,1-2H3,(H,16,18). The summed E-state index contributed by atoms with van der Waals surface area (Å²) < 4.78 is 25.0. The predicted octanol–water partition coefficient (Wildman–Crippen LogP) is 1.37. The van der Waals surface area contributed by atoms with Gasteiger partial charge in [0.2, 0.25) is 10.0 Å². The Bertz CT molecular complexity index is 723. The molecule has 2 rings (SSSR count). The minimum atomic E-state index is -3.47. The number of benzene rings is 1. The number of aromatic nitrogens is 1. The first kappa shape index (κ1) is 16.6. The van der Waals surface area contributed by atoms with Gasteiger partial charge in [0.25, 0.3) is 5.91 Å². The largest absolute Gasteiger partial charge is 0.352 e. The highest BCUT2D eigenvalue weighted by atomic mass is 32.2. The fraction of sp³-hybridized carbons (Fsp3) is 0.286. The quantitative estimate of drug-likeness (QED) is 0.862. The molecule has 0 unspecified atom stereocenters. The molecule has 0 atom stereocenters. The Hall–Kier alpha value is -1.77. The maximum atomic E-state index is 12.0. The van der Waals surface area contributed by atoms with Crippen molar-refractivity contribution in [2.45, 2.75) is 11.3 Å². The van der Waals surface area contributed by atoms with Crippen molar-refractivity contribution in [3.8, 4) is 0 Å². The third-order valence-corrected chi connectivity index (χ3v) is 5.67. The molecular weight excluding hydrogens is 322 g/mol. The summed E-state index contributed by atoms with van der Waals surface area (Å²) in [5.74, 6) is -0.231. The summed E-state index contributed by atoms with van der Waals surface area (Å²) >= 11 is 1.54. The first-order valence-electron chi connectivity index (χ1n) is 6.60. The molecule has 1 heterocycles. The fourth-order valence-corrected chi connectivity index (χ4v) is 3.27. The van der Waals surface area contributed by atoms with E-state index in [4.69, 9.17) is 0 Å². The molecule has 6 nitrogen and oxygen atoms in total. The average Bonchev–Trinajstić information content (AvgIpc) is 3.00. The molecule has 2 aromatic rings. The summed E-state index contributed by atoms with van der Waals surface area (Å²) in [6.45, 7) is 0.490. The molecule has 0 radical (unpaired) electrons. The Morgan fingerprint density at radius 3 is 2.50 bits per heavy atom. The second-order valence-corrected chi connectivity index (χ2v) is 7.87. The van der Waals surface area contributed by atoms with Crippen LogP contribution in [0.25, 0.3) is 0 Å². The van der Waals surface area contributed by atoms with E-state index >= 15 is 0 Å². The van der Waals surface area contributed by atoms with Crippen LogP contribution in [0.15, 0.2) is 40.7 Å². The van der Waals surface area contributed by atoms with Crippen molar-refractivity contribution in [1.82, 2.24) is 14.6 Å². The van der Waals surface area contributed by atoms with E-state index in [-0.39, 0.29) is 10.8 Å². The Labute approximate surface area is 133 Å². The van der Waals surface area contributed by atoms with Gasteiger partial charge in [-0.05, 0) is 24.3 Å². The maximum absolute atomic E-state index is 12.0. The topological polar surface area (TPSA) is 79.4 Å². The van der Waals surface area contributed by atoms with E-state index < -0.39 is 10.0 Å². The molecule has 0 spiro atoms. The molecule has 118 valence electrons. The van der Waals surface area contributed by atoms with Gasteiger partial charge < -0.3 is 5.32 Å². The van der Waals surface area contributed by atoms with Gasteiger partial charge >= 0.3 is 0 Å². The molecule has 1 N–H and O–H groups in total. The van der Waals surface area contributed by atoms with Crippen LogP contribution >= 0.6 is 11.3 Å². The minimum absolute atomic E-state index is 0.164. The number of carbonyl (C=O) groups is 1. The van der Waals surface area contributed by atoms with E-state index in [2.05, 4.69) is 10.3 Å². The molecule has 22 heavy (non-hydrogen) atoms. The normalized spacial score (nSPS) is 11.6. The van der Waals surface area contributed by atoms with Crippen LogP contribution in [-0.4, -0.2) is 44.3 Å². The molecule has 0 aliphatic rings. The Kier molecular flexibility index (Phi) is 5.28. The summed E-state index contributed by atoms with van der Waals surface area (Å²) in [6.07, 6.45) is 2.40. The lowest BCUT2D eigenvalue weighted by atomic mass is 10.2. The summed E-state index contributed by atoms with van der Waals surface area (Å²) in [7, 11) is -0.538. The van der Waals surface area contributed by atoms with Crippen LogP contribution in [0.3, 0.4) is 0 Å². The van der Waals surface area contributed by atoms with Crippen molar-refractivity contribution in [1.29, 1.82) is 0 Å². The van der Waals surface area contributed by atoms with Gasteiger partial charge in [-0.3, -0.25) is 4.79 Å². The molecule has 0 aliphatic carbocycles. The van der Waals surface area contributed by atoms with Crippen LogP contribution in [0.4, 0.5) is 0 Å². The van der Waals surface area contributed by atoms with Crippen LogP contribution in [0, 0.1) is 0 Å². The van der Waals surface area contributed by atoms with Gasteiger partial charge in [-0.25, -0.2) is 17.7 Å². The van der Waals surface area contributed by atoms with Crippen molar-refractivity contribution in [3.63, 3.8) is 0 Å². The average molecular weight is 339 g/mol. The van der Waals surface area contributed by atoms with Crippen molar-refractivity contribution in [3.05, 3.63) is 46.4 Å². The lowest BCUT2D eigenvalue weighted by Crippen LogP contribution is -2.26. The molecule has 8 heteroatoms. The van der Waals surface area contributed by atoms with Crippen molar-refractivity contribution in [2.24, 2.45) is 0 Å². The van der Waals surface area contributed by atoms with Gasteiger partial charge in [0.1, 0.15) is 0 Å². The van der Waals surface area contributed by atoms with Gasteiger partial charge in [-0.1, -0.05) is 0 Å². The van der Waals surface area contributed by atoms with Crippen molar-refractivity contribution in [2.75, 3.05) is 20.6 Å². The van der Waals surface area contributed by atoms with E-state index in [0.29, 0.717) is 18.5 Å². The van der Waals surface area contributed by atoms with Crippen molar-refractivity contribution >= 4 is 27.3 Å². The van der Waals surface area contributed by atoms with Crippen LogP contribution in [-0.2, 0) is 16.4 Å². The maximum Gasteiger partial charge on any atom is 0.251 e. The van der Waals surface area contributed by atoms with Crippen LogP contribution in [0.2, 0.25) is 0 Å². The summed E-state index contributed by atoms with van der Waals surface area (Å²) in [5, 5.41) is 5.64. The van der Waals surface area contributed by atoms with E-state index in [0.717, 1.165) is 9.31 Å². The summed E-state index contributed by atoms with van der Waals surface area (Å²) in [4.78, 5) is 16.3. The van der Waals surface area contributed by atoms with E-state index in [1.54, 1.807) is 17.5 Å². The second-order valence-electron chi connectivity index (χ2n) is 4.74. The van der Waals surface area contributed by atoms with Gasteiger partial charge in [-0.2, -0.15) is 0 Å². The summed E-state index contributed by atoms with van der Waals surface area (Å²) in [5.41, 5.74) is 0.428. The molecule has 0 saturated heterocycles. The lowest BCUT2D eigenvalue weighted by molar-refractivity contribution is 0.0954. The molecule has 0 saturated carbocycles. The second kappa shape index (κ2) is 6.99. The monoisotopic (exact) mass is 339 g/mol. The van der Waals surface area contributed by atoms with Crippen LogP contribution in [0.1, 0.15) is 15.4 Å². The van der Waals surface area contributed by atoms with E-state index in [1.165, 1.54) is 38.4 Å². The number of hydrogen-bond acceptors (Lipinski definition) is 5.